The van der Waals surface area contributed by atoms with E-state index in [9.17, 15) is 15.3 Å². The number of hydrogen-bond donors (Lipinski definition) is 5. The van der Waals surface area contributed by atoms with Gasteiger partial charge in [-0.2, -0.15) is 5.10 Å². The van der Waals surface area contributed by atoms with Gasteiger partial charge in [0.2, 0.25) is 5.95 Å². The molecule has 1 saturated heterocycles. The monoisotopic (exact) mass is 337 g/mol. The van der Waals surface area contributed by atoms with E-state index in [0.717, 1.165) is 5.71 Å². The summed E-state index contributed by atoms with van der Waals surface area (Å²) in [5, 5.41) is 33.6. The molecule has 130 valence electrons. The van der Waals surface area contributed by atoms with Crippen molar-refractivity contribution in [3.8, 4) is 0 Å². The molecule has 4 atom stereocenters. The van der Waals surface area contributed by atoms with E-state index in [1.807, 2.05) is 0 Å². The first-order chi connectivity index (χ1) is 11.4. The zero-order valence-electron chi connectivity index (χ0n) is 13.2. The van der Waals surface area contributed by atoms with Crippen molar-refractivity contribution >= 4 is 28.6 Å². The summed E-state index contributed by atoms with van der Waals surface area (Å²) in [6.45, 7) is 3.15. The quantitative estimate of drug-likeness (QED) is 0.341. The second kappa shape index (κ2) is 6.28. The summed E-state index contributed by atoms with van der Waals surface area (Å²) in [7, 11) is 0. The topological polar surface area (TPSA) is 164 Å². The van der Waals surface area contributed by atoms with E-state index < -0.39 is 31.1 Å². The molecule has 3 heterocycles. The molecule has 1 fully saturated rings. The maximum atomic E-state index is 10.3. The zero-order valence-corrected chi connectivity index (χ0v) is 13.2. The van der Waals surface area contributed by atoms with Gasteiger partial charge in [-0.3, -0.25) is 4.57 Å². The maximum absolute atomic E-state index is 10.3. The number of nitrogens with two attached hydrogens (primary N) is 1. The Balaban J connectivity index is 2.13. The number of rotatable bonds is 4. The normalized spacial score (nSPS) is 26.7. The fraction of sp³-hybridized carbons (Fsp3) is 0.538. The molecule has 0 spiro atoms. The minimum atomic E-state index is -1.29. The van der Waals surface area contributed by atoms with Crippen molar-refractivity contribution in [1.29, 1.82) is 0 Å². The number of fused-ring (bicyclic) bond motifs is 1. The SMILES string of the molecule is CC(C)=NNc1nc2c(N)ncnc2n1[C@@H]1O[C@H](CO)[C@@H](O)[C@@H]1O. The van der Waals surface area contributed by atoms with Crippen LogP contribution in [0.25, 0.3) is 11.2 Å². The van der Waals surface area contributed by atoms with Crippen molar-refractivity contribution in [2.45, 2.75) is 38.4 Å². The van der Waals surface area contributed by atoms with E-state index >= 15 is 0 Å². The van der Waals surface area contributed by atoms with E-state index in [0.29, 0.717) is 11.2 Å². The van der Waals surface area contributed by atoms with Gasteiger partial charge < -0.3 is 25.8 Å². The smallest absolute Gasteiger partial charge is 0.228 e. The Kier molecular flexibility index (Phi) is 4.32. The summed E-state index contributed by atoms with van der Waals surface area (Å²) in [5.41, 5.74) is 9.94. The molecule has 11 nitrogen and oxygen atoms in total. The lowest BCUT2D eigenvalue weighted by molar-refractivity contribution is -0.0501. The highest BCUT2D eigenvalue weighted by molar-refractivity contribution is 5.84. The summed E-state index contributed by atoms with van der Waals surface area (Å²) in [6.07, 6.45) is -3.23. The average Bonchev–Trinajstić information content (AvgIpc) is 3.05. The number of anilines is 2. The molecule has 11 heteroatoms. The zero-order chi connectivity index (χ0) is 17.4. The van der Waals surface area contributed by atoms with E-state index in [-0.39, 0.29) is 11.8 Å². The lowest BCUT2D eigenvalue weighted by atomic mass is 10.1. The number of hydrazone groups is 1. The summed E-state index contributed by atoms with van der Waals surface area (Å²) < 4.78 is 6.99. The predicted octanol–water partition coefficient (Wildman–Crippen LogP) is -1.17. The lowest BCUT2D eigenvalue weighted by Crippen LogP contribution is -2.33. The van der Waals surface area contributed by atoms with E-state index in [4.69, 9.17) is 10.5 Å². The first-order valence-corrected chi connectivity index (χ1v) is 7.31. The van der Waals surface area contributed by atoms with Crippen molar-refractivity contribution < 1.29 is 20.1 Å². The van der Waals surface area contributed by atoms with Gasteiger partial charge in [0.25, 0.3) is 0 Å². The van der Waals surface area contributed by atoms with E-state index in [2.05, 4.69) is 25.5 Å². The molecule has 2 aromatic heterocycles. The Morgan fingerprint density at radius 1 is 1.38 bits per heavy atom. The number of ether oxygens (including phenoxy) is 1. The molecule has 0 unspecified atom stereocenters. The predicted molar refractivity (Wildman–Crippen MR) is 85.2 cm³/mol. The van der Waals surface area contributed by atoms with Gasteiger partial charge in [0, 0.05) is 5.71 Å². The largest absolute Gasteiger partial charge is 0.394 e. The van der Waals surface area contributed by atoms with Crippen LogP contribution in [0.4, 0.5) is 11.8 Å². The molecular weight excluding hydrogens is 318 g/mol. The highest BCUT2D eigenvalue weighted by Gasteiger charge is 2.45. The number of aliphatic hydroxyl groups excluding tert-OH is 3. The average molecular weight is 337 g/mol. The van der Waals surface area contributed by atoms with Gasteiger partial charge in [0.1, 0.15) is 24.6 Å². The Hall–Kier alpha value is -2.34. The van der Waals surface area contributed by atoms with Crippen LogP contribution in [0.5, 0.6) is 0 Å². The van der Waals surface area contributed by atoms with Crippen LogP contribution in [0.15, 0.2) is 11.4 Å². The molecule has 0 aromatic carbocycles. The second-order valence-electron chi connectivity index (χ2n) is 5.64. The van der Waals surface area contributed by atoms with Crippen LogP contribution in [-0.2, 0) is 4.74 Å². The van der Waals surface area contributed by atoms with Crippen molar-refractivity contribution in [3.63, 3.8) is 0 Å². The van der Waals surface area contributed by atoms with Crippen molar-refractivity contribution in [3.05, 3.63) is 6.33 Å². The molecular formula is C13H19N7O4. The molecule has 3 rings (SSSR count). The van der Waals surface area contributed by atoms with Crippen LogP contribution in [0, 0.1) is 0 Å². The minimum Gasteiger partial charge on any atom is -0.394 e. The summed E-state index contributed by atoms with van der Waals surface area (Å²) in [5.74, 6) is 0.374. The number of nitrogens with one attached hydrogen (secondary N) is 1. The van der Waals surface area contributed by atoms with Crippen LogP contribution in [0.2, 0.25) is 0 Å². The van der Waals surface area contributed by atoms with Gasteiger partial charge >= 0.3 is 0 Å². The lowest BCUT2D eigenvalue weighted by Gasteiger charge is -2.18. The van der Waals surface area contributed by atoms with Gasteiger partial charge in [-0.15, -0.1) is 0 Å². The Labute approximate surface area is 136 Å². The maximum Gasteiger partial charge on any atom is 0.228 e. The van der Waals surface area contributed by atoms with Gasteiger partial charge in [0.15, 0.2) is 23.2 Å². The highest BCUT2D eigenvalue weighted by atomic mass is 16.6. The second-order valence-corrected chi connectivity index (χ2v) is 5.64. The van der Waals surface area contributed by atoms with Gasteiger partial charge in [-0.25, -0.2) is 20.4 Å². The summed E-state index contributed by atoms with van der Waals surface area (Å²) in [6, 6.07) is 0. The van der Waals surface area contributed by atoms with E-state index in [1.54, 1.807) is 13.8 Å². The molecule has 1 aliphatic rings. The third kappa shape index (κ3) is 2.67. The van der Waals surface area contributed by atoms with Gasteiger partial charge in [-0.1, -0.05) is 0 Å². The number of aromatic nitrogens is 4. The fourth-order valence-corrected chi connectivity index (χ4v) is 2.50. The Morgan fingerprint density at radius 3 is 2.75 bits per heavy atom. The first kappa shape index (κ1) is 16.5. The molecule has 6 N–H and O–H groups in total. The molecule has 0 radical (unpaired) electrons. The highest BCUT2D eigenvalue weighted by Crippen LogP contribution is 2.35. The Morgan fingerprint density at radius 2 is 2.12 bits per heavy atom. The van der Waals surface area contributed by atoms with Crippen molar-refractivity contribution in [2.24, 2.45) is 5.10 Å². The summed E-state index contributed by atoms with van der Waals surface area (Å²) >= 11 is 0. The number of hydrogen-bond acceptors (Lipinski definition) is 10. The number of nitrogen functional groups attached to an aromatic ring is 1. The van der Waals surface area contributed by atoms with Crippen molar-refractivity contribution in [1.82, 2.24) is 19.5 Å². The van der Waals surface area contributed by atoms with Crippen LogP contribution in [-0.4, -0.2) is 65.5 Å². The molecule has 0 bridgehead atoms. The number of nitrogens with zero attached hydrogens (tertiary/aromatic N) is 5. The van der Waals surface area contributed by atoms with Crippen LogP contribution < -0.4 is 11.2 Å². The number of aliphatic hydroxyl groups is 3. The molecule has 1 aliphatic heterocycles. The van der Waals surface area contributed by atoms with Crippen molar-refractivity contribution in [2.75, 3.05) is 17.8 Å². The Bertz CT molecular complexity index is 773. The summed E-state index contributed by atoms with van der Waals surface area (Å²) in [4.78, 5) is 12.3. The molecule has 0 amide bonds. The van der Waals surface area contributed by atoms with Crippen LogP contribution >= 0.6 is 0 Å². The molecule has 0 saturated carbocycles. The minimum absolute atomic E-state index is 0.158. The van der Waals surface area contributed by atoms with Gasteiger partial charge in [0.05, 0.1) is 6.61 Å². The van der Waals surface area contributed by atoms with Crippen LogP contribution in [0.3, 0.4) is 0 Å². The molecule has 2 aromatic rings. The number of imidazole rings is 1. The molecule has 24 heavy (non-hydrogen) atoms. The third-order valence-electron chi connectivity index (χ3n) is 3.66. The standard InChI is InChI=1S/C13H19N7O4/c1-5(2)18-19-13-17-7-10(14)15-4-16-11(7)20(13)12-9(23)8(22)6(3-21)24-12/h4,6,8-9,12,21-23H,3H2,1-2H3,(H,17,19)(H2,14,15,16)/t6-,8-,9+,12-/m1/s1. The molecule has 0 aliphatic carbocycles. The third-order valence-corrected chi connectivity index (χ3v) is 3.66. The van der Waals surface area contributed by atoms with Gasteiger partial charge in [-0.05, 0) is 13.8 Å². The first-order valence-electron chi connectivity index (χ1n) is 7.31. The van der Waals surface area contributed by atoms with E-state index in [1.165, 1.54) is 10.9 Å². The fourth-order valence-electron chi connectivity index (χ4n) is 2.50. The van der Waals surface area contributed by atoms with Crippen LogP contribution in [0.1, 0.15) is 20.1 Å².